The van der Waals surface area contributed by atoms with Gasteiger partial charge in [0.25, 0.3) is 0 Å². The van der Waals surface area contributed by atoms with Gasteiger partial charge in [-0.05, 0) is 36.8 Å². The molecule has 0 fully saturated rings. The zero-order chi connectivity index (χ0) is 16.1. The monoisotopic (exact) mass is 369 g/mol. The summed E-state index contributed by atoms with van der Waals surface area (Å²) in [6, 6.07) is 13.8. The molecule has 0 spiro atoms. The highest BCUT2D eigenvalue weighted by Gasteiger charge is 2.03. The van der Waals surface area contributed by atoms with Crippen LogP contribution in [0.2, 0.25) is 0 Å². The summed E-state index contributed by atoms with van der Waals surface area (Å²) in [5, 5.41) is 6.59. The Bertz CT molecular complexity index is 792. The largest absolute Gasteiger partial charge is 0.366 e. The fourth-order valence-corrected chi connectivity index (χ4v) is 2.53. The van der Waals surface area contributed by atoms with Crippen LogP contribution in [-0.4, -0.2) is 15.0 Å². The SMILES string of the molecule is Cc1nc(NCc2cccnc2)cc(Nc2cccc(Br)c2)n1. The van der Waals surface area contributed by atoms with E-state index >= 15 is 0 Å². The highest BCUT2D eigenvalue weighted by atomic mass is 79.9. The molecule has 0 aliphatic carbocycles. The van der Waals surface area contributed by atoms with Crippen molar-refractivity contribution in [2.24, 2.45) is 0 Å². The number of hydrogen-bond acceptors (Lipinski definition) is 5. The minimum Gasteiger partial charge on any atom is -0.366 e. The number of rotatable bonds is 5. The van der Waals surface area contributed by atoms with Crippen LogP contribution in [0.25, 0.3) is 0 Å². The second-order valence-corrected chi connectivity index (χ2v) is 5.95. The smallest absolute Gasteiger partial charge is 0.136 e. The van der Waals surface area contributed by atoms with Gasteiger partial charge in [-0.3, -0.25) is 4.98 Å². The van der Waals surface area contributed by atoms with Gasteiger partial charge in [0.2, 0.25) is 0 Å². The first-order valence-electron chi connectivity index (χ1n) is 7.20. The maximum Gasteiger partial charge on any atom is 0.136 e. The lowest BCUT2D eigenvalue weighted by Gasteiger charge is -2.10. The molecule has 1 aromatic carbocycles. The molecule has 5 nitrogen and oxygen atoms in total. The molecule has 0 saturated carbocycles. The molecule has 0 bridgehead atoms. The highest BCUT2D eigenvalue weighted by Crippen LogP contribution is 2.21. The Labute approximate surface area is 143 Å². The molecule has 0 unspecified atom stereocenters. The van der Waals surface area contributed by atoms with Crippen molar-refractivity contribution in [3.8, 4) is 0 Å². The molecule has 2 aromatic heterocycles. The van der Waals surface area contributed by atoms with Crippen LogP contribution in [0.1, 0.15) is 11.4 Å². The van der Waals surface area contributed by atoms with E-state index in [9.17, 15) is 0 Å². The molecule has 0 saturated heterocycles. The van der Waals surface area contributed by atoms with Gasteiger partial charge in [0, 0.05) is 35.2 Å². The predicted molar refractivity (Wildman–Crippen MR) is 95.8 cm³/mol. The maximum absolute atomic E-state index is 4.42. The zero-order valence-electron chi connectivity index (χ0n) is 12.6. The van der Waals surface area contributed by atoms with Gasteiger partial charge < -0.3 is 10.6 Å². The lowest BCUT2D eigenvalue weighted by molar-refractivity contribution is 1.02. The van der Waals surface area contributed by atoms with Crippen molar-refractivity contribution in [3.05, 3.63) is 70.7 Å². The summed E-state index contributed by atoms with van der Waals surface area (Å²) in [5.74, 6) is 2.24. The lowest BCUT2D eigenvalue weighted by Crippen LogP contribution is -2.05. The van der Waals surface area contributed by atoms with Gasteiger partial charge >= 0.3 is 0 Å². The number of nitrogens with zero attached hydrogens (tertiary/aromatic N) is 3. The molecule has 0 aliphatic heterocycles. The summed E-state index contributed by atoms with van der Waals surface area (Å²) in [7, 11) is 0. The van der Waals surface area contributed by atoms with Gasteiger partial charge in [-0.1, -0.05) is 28.1 Å². The van der Waals surface area contributed by atoms with Gasteiger partial charge in [0.1, 0.15) is 17.5 Å². The maximum atomic E-state index is 4.42. The highest BCUT2D eigenvalue weighted by molar-refractivity contribution is 9.10. The molecule has 3 aromatic rings. The summed E-state index contributed by atoms with van der Waals surface area (Å²) < 4.78 is 1.02. The third kappa shape index (κ3) is 4.50. The van der Waals surface area contributed by atoms with E-state index in [1.165, 1.54) is 0 Å². The summed E-state index contributed by atoms with van der Waals surface area (Å²) in [5.41, 5.74) is 2.07. The standard InChI is InChI=1S/C17H16BrN5/c1-12-21-16(20-11-13-4-3-7-19-10-13)9-17(22-12)23-15-6-2-5-14(18)8-15/h2-10H,11H2,1H3,(H2,20,21,22,23). The van der Waals surface area contributed by atoms with Crippen LogP contribution in [0.3, 0.4) is 0 Å². The third-order valence-electron chi connectivity index (χ3n) is 3.13. The van der Waals surface area contributed by atoms with Crippen LogP contribution in [0.15, 0.2) is 59.3 Å². The second kappa shape index (κ2) is 7.19. The number of aryl methyl sites for hydroxylation is 1. The topological polar surface area (TPSA) is 62.7 Å². The number of nitrogens with one attached hydrogen (secondary N) is 2. The molecule has 0 atom stereocenters. The molecule has 2 N–H and O–H groups in total. The van der Waals surface area contributed by atoms with E-state index in [1.807, 2.05) is 55.6 Å². The minimum atomic E-state index is 0.667. The van der Waals surface area contributed by atoms with Gasteiger partial charge in [0.15, 0.2) is 0 Å². The molecule has 0 aliphatic rings. The van der Waals surface area contributed by atoms with E-state index in [1.54, 1.807) is 6.20 Å². The molecule has 116 valence electrons. The molecular weight excluding hydrogens is 354 g/mol. The normalized spacial score (nSPS) is 10.3. The van der Waals surface area contributed by atoms with Crippen molar-refractivity contribution in [1.82, 2.24) is 15.0 Å². The third-order valence-corrected chi connectivity index (χ3v) is 3.62. The predicted octanol–water partition coefficient (Wildman–Crippen LogP) is 4.30. The van der Waals surface area contributed by atoms with Crippen molar-refractivity contribution < 1.29 is 0 Å². The van der Waals surface area contributed by atoms with Crippen molar-refractivity contribution >= 4 is 33.3 Å². The molecule has 2 heterocycles. The van der Waals surface area contributed by atoms with Gasteiger partial charge in [-0.15, -0.1) is 0 Å². The van der Waals surface area contributed by atoms with Gasteiger partial charge in [0.05, 0.1) is 0 Å². The molecule has 6 heteroatoms. The number of anilines is 3. The Morgan fingerprint density at radius 1 is 1.04 bits per heavy atom. The van der Waals surface area contributed by atoms with E-state index in [-0.39, 0.29) is 0 Å². The van der Waals surface area contributed by atoms with Crippen LogP contribution in [0.4, 0.5) is 17.3 Å². The zero-order valence-corrected chi connectivity index (χ0v) is 14.2. The quantitative estimate of drug-likeness (QED) is 0.701. The van der Waals surface area contributed by atoms with Crippen LogP contribution in [0.5, 0.6) is 0 Å². The number of benzene rings is 1. The molecule has 23 heavy (non-hydrogen) atoms. The number of pyridine rings is 1. The molecule has 0 radical (unpaired) electrons. The summed E-state index contributed by atoms with van der Waals surface area (Å²) >= 11 is 3.46. The first-order chi connectivity index (χ1) is 11.2. The fourth-order valence-electron chi connectivity index (χ4n) is 2.13. The number of aromatic nitrogens is 3. The summed E-state index contributed by atoms with van der Waals surface area (Å²) in [6.07, 6.45) is 3.60. The molecular formula is C17H16BrN5. The molecule has 0 amide bonds. The van der Waals surface area contributed by atoms with Crippen molar-refractivity contribution in [2.75, 3.05) is 10.6 Å². The van der Waals surface area contributed by atoms with E-state index in [0.29, 0.717) is 12.4 Å². The minimum absolute atomic E-state index is 0.667. The fraction of sp³-hybridized carbons (Fsp3) is 0.118. The van der Waals surface area contributed by atoms with Crippen LogP contribution in [0, 0.1) is 6.92 Å². The lowest BCUT2D eigenvalue weighted by atomic mass is 10.3. The van der Waals surface area contributed by atoms with Crippen molar-refractivity contribution in [3.63, 3.8) is 0 Å². The average Bonchev–Trinajstić information content (AvgIpc) is 2.53. The van der Waals surface area contributed by atoms with E-state index < -0.39 is 0 Å². The Morgan fingerprint density at radius 2 is 1.91 bits per heavy atom. The Kier molecular flexibility index (Phi) is 4.83. The van der Waals surface area contributed by atoms with Crippen molar-refractivity contribution in [1.29, 1.82) is 0 Å². The number of halogens is 1. The second-order valence-electron chi connectivity index (χ2n) is 5.04. The first kappa shape index (κ1) is 15.4. The Balaban J connectivity index is 1.73. The Hall–Kier alpha value is -2.47. The van der Waals surface area contributed by atoms with Crippen LogP contribution in [-0.2, 0) is 6.54 Å². The van der Waals surface area contributed by atoms with Gasteiger partial charge in [-0.25, -0.2) is 9.97 Å². The van der Waals surface area contributed by atoms with Crippen LogP contribution < -0.4 is 10.6 Å². The van der Waals surface area contributed by atoms with E-state index in [4.69, 9.17) is 0 Å². The first-order valence-corrected chi connectivity index (χ1v) is 7.99. The number of hydrogen-bond donors (Lipinski definition) is 2. The average molecular weight is 370 g/mol. The summed E-state index contributed by atoms with van der Waals surface area (Å²) in [4.78, 5) is 12.9. The van der Waals surface area contributed by atoms with E-state index in [2.05, 4.69) is 41.5 Å². The molecule has 3 rings (SSSR count). The van der Waals surface area contributed by atoms with E-state index in [0.717, 1.165) is 27.4 Å². The Morgan fingerprint density at radius 3 is 2.70 bits per heavy atom. The summed E-state index contributed by atoms with van der Waals surface area (Å²) in [6.45, 7) is 2.54. The van der Waals surface area contributed by atoms with Gasteiger partial charge in [-0.2, -0.15) is 0 Å². The van der Waals surface area contributed by atoms with Crippen LogP contribution >= 0.6 is 15.9 Å². The van der Waals surface area contributed by atoms with Crippen molar-refractivity contribution in [2.45, 2.75) is 13.5 Å².